The second-order valence-electron chi connectivity index (χ2n) is 3.73. The van der Waals surface area contributed by atoms with Gasteiger partial charge in [-0.3, -0.25) is 0 Å². The molecule has 1 N–H and O–H groups in total. The van der Waals surface area contributed by atoms with Gasteiger partial charge in [0.2, 0.25) is 0 Å². The molecule has 0 radical (unpaired) electrons. The van der Waals surface area contributed by atoms with E-state index in [0.29, 0.717) is 6.61 Å². The maximum absolute atomic E-state index is 8.47. The molecule has 0 aliphatic rings. The lowest BCUT2D eigenvalue weighted by atomic mass is 9.99. The highest BCUT2D eigenvalue weighted by atomic mass is 16.5. The fourth-order valence-electron chi connectivity index (χ4n) is 1.40. The molecule has 0 rings (SSSR count). The number of aliphatic hydroxyl groups excluding tert-OH is 1. The predicted molar refractivity (Wildman–Crippen MR) is 55.8 cm³/mol. The normalized spacial score (nSPS) is 13.2. The van der Waals surface area contributed by atoms with Gasteiger partial charge in [0.25, 0.3) is 0 Å². The van der Waals surface area contributed by atoms with Crippen molar-refractivity contribution in [3.05, 3.63) is 0 Å². The molecule has 80 valence electrons. The van der Waals surface area contributed by atoms with Gasteiger partial charge in [0.05, 0.1) is 13.2 Å². The van der Waals surface area contributed by atoms with Crippen molar-refractivity contribution >= 4 is 0 Å². The molecule has 0 aromatic rings. The lowest BCUT2D eigenvalue weighted by molar-refractivity contribution is 0.0877. The Morgan fingerprint density at radius 1 is 1.15 bits per heavy atom. The highest BCUT2D eigenvalue weighted by Gasteiger charge is 2.00. The molecule has 0 heterocycles. The Morgan fingerprint density at radius 2 is 1.85 bits per heavy atom. The molecule has 0 spiro atoms. The van der Waals surface area contributed by atoms with Gasteiger partial charge in [0, 0.05) is 6.61 Å². The molecule has 0 bridgehead atoms. The summed E-state index contributed by atoms with van der Waals surface area (Å²) in [7, 11) is 0. The molecule has 2 nitrogen and oxygen atoms in total. The van der Waals surface area contributed by atoms with E-state index in [1.165, 1.54) is 25.7 Å². The minimum absolute atomic E-state index is 0.144. The van der Waals surface area contributed by atoms with Crippen LogP contribution in [0.4, 0.5) is 0 Å². The molecule has 1 unspecified atom stereocenters. The molecule has 13 heavy (non-hydrogen) atoms. The average Bonchev–Trinajstić information content (AvgIpc) is 2.14. The molecule has 0 amide bonds. The monoisotopic (exact) mass is 188 g/mol. The fourth-order valence-corrected chi connectivity index (χ4v) is 1.40. The molecule has 0 aromatic heterocycles. The number of ether oxygens (including phenoxy) is 1. The quantitative estimate of drug-likeness (QED) is 0.564. The summed E-state index contributed by atoms with van der Waals surface area (Å²) < 4.78 is 5.19. The van der Waals surface area contributed by atoms with E-state index in [1.807, 2.05) is 0 Å². The second-order valence-corrected chi connectivity index (χ2v) is 3.73. The van der Waals surface area contributed by atoms with E-state index >= 15 is 0 Å². The number of rotatable bonds is 9. The highest BCUT2D eigenvalue weighted by Crippen LogP contribution is 2.13. The van der Waals surface area contributed by atoms with Crippen molar-refractivity contribution in [3.8, 4) is 0 Å². The van der Waals surface area contributed by atoms with Crippen molar-refractivity contribution in [2.24, 2.45) is 5.92 Å². The van der Waals surface area contributed by atoms with E-state index in [1.54, 1.807) is 0 Å². The summed E-state index contributed by atoms with van der Waals surface area (Å²) >= 11 is 0. The van der Waals surface area contributed by atoms with Gasteiger partial charge < -0.3 is 9.84 Å². The maximum Gasteiger partial charge on any atom is 0.0697 e. The number of hydrogen-bond donors (Lipinski definition) is 1. The summed E-state index contributed by atoms with van der Waals surface area (Å²) in [5, 5.41) is 8.47. The lowest BCUT2D eigenvalue weighted by Crippen LogP contribution is -2.03. The van der Waals surface area contributed by atoms with Gasteiger partial charge in [0.15, 0.2) is 0 Å². The topological polar surface area (TPSA) is 29.5 Å². The van der Waals surface area contributed by atoms with Crippen molar-refractivity contribution < 1.29 is 9.84 Å². The van der Waals surface area contributed by atoms with Gasteiger partial charge in [-0.15, -0.1) is 0 Å². The molecular formula is C11H24O2. The van der Waals surface area contributed by atoms with E-state index in [4.69, 9.17) is 9.84 Å². The van der Waals surface area contributed by atoms with Crippen molar-refractivity contribution in [2.45, 2.75) is 46.0 Å². The first-order valence-corrected chi connectivity index (χ1v) is 5.49. The van der Waals surface area contributed by atoms with Crippen LogP contribution in [0.3, 0.4) is 0 Å². The van der Waals surface area contributed by atoms with Crippen LogP contribution in [-0.4, -0.2) is 24.9 Å². The first kappa shape index (κ1) is 12.9. The van der Waals surface area contributed by atoms with E-state index in [2.05, 4.69) is 13.8 Å². The van der Waals surface area contributed by atoms with Crippen LogP contribution in [0.1, 0.15) is 46.0 Å². The molecule has 2 heteroatoms. The van der Waals surface area contributed by atoms with Crippen molar-refractivity contribution in [3.63, 3.8) is 0 Å². The van der Waals surface area contributed by atoms with Crippen molar-refractivity contribution in [2.75, 3.05) is 19.8 Å². The van der Waals surface area contributed by atoms with Crippen LogP contribution >= 0.6 is 0 Å². The zero-order valence-electron chi connectivity index (χ0n) is 9.09. The second kappa shape index (κ2) is 10.0. The van der Waals surface area contributed by atoms with E-state index in [0.717, 1.165) is 18.9 Å². The molecular weight excluding hydrogens is 164 g/mol. The first-order chi connectivity index (χ1) is 6.31. The van der Waals surface area contributed by atoms with Crippen molar-refractivity contribution in [1.82, 2.24) is 0 Å². The lowest BCUT2D eigenvalue weighted by Gasteiger charge is -2.09. The largest absolute Gasteiger partial charge is 0.394 e. The van der Waals surface area contributed by atoms with E-state index in [-0.39, 0.29) is 6.61 Å². The van der Waals surface area contributed by atoms with Crippen LogP contribution in [0.2, 0.25) is 0 Å². The summed E-state index contributed by atoms with van der Waals surface area (Å²) in [5.74, 6) is 0.831. The summed E-state index contributed by atoms with van der Waals surface area (Å²) in [6, 6.07) is 0. The SMILES string of the molecule is CCCCC(C)CCCOCCO. The Hall–Kier alpha value is -0.0800. The summed E-state index contributed by atoms with van der Waals surface area (Å²) in [4.78, 5) is 0. The summed E-state index contributed by atoms with van der Waals surface area (Å²) in [5.41, 5.74) is 0. The van der Waals surface area contributed by atoms with E-state index in [9.17, 15) is 0 Å². The van der Waals surface area contributed by atoms with Gasteiger partial charge in [-0.25, -0.2) is 0 Å². The minimum Gasteiger partial charge on any atom is -0.394 e. The van der Waals surface area contributed by atoms with Crippen LogP contribution in [0, 0.1) is 5.92 Å². The average molecular weight is 188 g/mol. The number of hydrogen-bond acceptors (Lipinski definition) is 2. The molecule has 0 aliphatic carbocycles. The maximum atomic E-state index is 8.47. The zero-order valence-corrected chi connectivity index (χ0v) is 9.09. The third-order valence-corrected chi connectivity index (χ3v) is 2.27. The smallest absolute Gasteiger partial charge is 0.0697 e. The van der Waals surface area contributed by atoms with Crippen LogP contribution in [0.25, 0.3) is 0 Å². The Bertz CT molecular complexity index is 94.1. The minimum atomic E-state index is 0.144. The predicted octanol–water partition coefficient (Wildman–Crippen LogP) is 2.60. The standard InChI is InChI=1S/C11H24O2/c1-3-4-6-11(2)7-5-9-13-10-8-12/h11-12H,3-10H2,1-2H3. The van der Waals surface area contributed by atoms with Gasteiger partial charge >= 0.3 is 0 Å². The molecule has 0 saturated heterocycles. The third kappa shape index (κ3) is 9.84. The fraction of sp³-hybridized carbons (Fsp3) is 1.00. The van der Waals surface area contributed by atoms with Crippen molar-refractivity contribution in [1.29, 1.82) is 0 Å². The Morgan fingerprint density at radius 3 is 2.46 bits per heavy atom. The van der Waals surface area contributed by atoms with Crippen LogP contribution in [0.5, 0.6) is 0 Å². The van der Waals surface area contributed by atoms with Gasteiger partial charge in [0.1, 0.15) is 0 Å². The Balaban J connectivity index is 3.03. The molecule has 0 fully saturated rings. The third-order valence-electron chi connectivity index (χ3n) is 2.27. The number of aliphatic hydroxyl groups is 1. The van der Waals surface area contributed by atoms with Gasteiger partial charge in [-0.05, 0) is 18.8 Å². The molecule has 0 saturated carbocycles. The summed E-state index contributed by atoms with van der Waals surface area (Å²) in [6.45, 7) is 5.98. The van der Waals surface area contributed by atoms with Crippen LogP contribution in [0.15, 0.2) is 0 Å². The highest BCUT2D eigenvalue weighted by molar-refractivity contribution is 4.52. The molecule has 0 aliphatic heterocycles. The van der Waals surface area contributed by atoms with Crippen LogP contribution < -0.4 is 0 Å². The Labute approximate surface area is 82.3 Å². The zero-order chi connectivity index (χ0) is 9.94. The number of unbranched alkanes of at least 4 members (excludes halogenated alkanes) is 1. The molecule has 0 aromatic carbocycles. The Kier molecular flexibility index (Phi) is 9.94. The van der Waals surface area contributed by atoms with Crippen LogP contribution in [-0.2, 0) is 4.74 Å². The van der Waals surface area contributed by atoms with E-state index < -0.39 is 0 Å². The molecule has 1 atom stereocenters. The van der Waals surface area contributed by atoms with Gasteiger partial charge in [-0.1, -0.05) is 33.1 Å². The van der Waals surface area contributed by atoms with Gasteiger partial charge in [-0.2, -0.15) is 0 Å². The first-order valence-electron chi connectivity index (χ1n) is 5.49. The summed E-state index contributed by atoms with van der Waals surface area (Å²) in [6.07, 6.45) is 6.37.